The zero-order chi connectivity index (χ0) is 28.7. The van der Waals surface area contributed by atoms with Gasteiger partial charge < -0.3 is 20.5 Å². The molecule has 3 rings (SSSR count). The summed E-state index contributed by atoms with van der Waals surface area (Å²) >= 11 is 0. The zero-order valence-electron chi connectivity index (χ0n) is 22.6. The summed E-state index contributed by atoms with van der Waals surface area (Å²) in [5, 5.41) is 24.7. The summed E-state index contributed by atoms with van der Waals surface area (Å²) in [5.74, 6) is -1.31. The van der Waals surface area contributed by atoms with E-state index in [2.05, 4.69) is 0 Å². The van der Waals surface area contributed by atoms with Crippen molar-refractivity contribution in [2.75, 3.05) is 29.7 Å². The van der Waals surface area contributed by atoms with E-state index in [4.69, 9.17) is 21.3 Å². The van der Waals surface area contributed by atoms with Gasteiger partial charge in [-0.1, -0.05) is 44.2 Å². The van der Waals surface area contributed by atoms with Gasteiger partial charge in [-0.05, 0) is 48.2 Å². The third-order valence-electron chi connectivity index (χ3n) is 6.53. The molecule has 0 radical (unpaired) electrons. The highest BCUT2D eigenvalue weighted by Gasteiger charge is 2.27. The van der Waals surface area contributed by atoms with Crippen molar-refractivity contribution < 1.29 is 23.1 Å². The van der Waals surface area contributed by atoms with Crippen LogP contribution in [-0.2, 0) is 14.8 Å². The normalized spacial score (nSPS) is 14.5. The number of sulfonamides is 1. The maximum Gasteiger partial charge on any atom is 0.320 e. The van der Waals surface area contributed by atoms with Crippen molar-refractivity contribution in [3.8, 4) is 5.75 Å². The lowest BCUT2D eigenvalue weighted by Crippen LogP contribution is -2.40. The summed E-state index contributed by atoms with van der Waals surface area (Å²) < 4.78 is 33.6. The molecule has 2 aromatic carbocycles. The zero-order valence-corrected chi connectivity index (χ0v) is 23.4. The number of nitrogens with two attached hydrogens (primary N) is 1. The van der Waals surface area contributed by atoms with E-state index in [1.165, 1.54) is 0 Å². The fourth-order valence-electron chi connectivity index (χ4n) is 4.45. The number of amidine groups is 2. The predicted octanol–water partition coefficient (Wildman–Crippen LogP) is 3.87. The molecule has 0 bridgehead atoms. The first-order valence-electron chi connectivity index (χ1n) is 12.8. The SMILES string of the molecule is CC(=N)N1CCC(Oc2ccc(N(C/C=C/c3cccc(C(=N)N)c3)S(=O)(=O)CC(=O)O)cc2C(C)C)CC1. The monoisotopic (exact) mass is 555 g/mol. The van der Waals surface area contributed by atoms with Crippen LogP contribution in [0.1, 0.15) is 56.2 Å². The first-order valence-corrected chi connectivity index (χ1v) is 14.4. The van der Waals surface area contributed by atoms with E-state index in [-0.39, 0.29) is 24.4 Å². The van der Waals surface area contributed by atoms with E-state index in [0.29, 0.717) is 22.8 Å². The van der Waals surface area contributed by atoms with Gasteiger partial charge in [-0.2, -0.15) is 0 Å². The summed E-state index contributed by atoms with van der Waals surface area (Å²) in [4.78, 5) is 13.4. The fraction of sp³-hybridized carbons (Fsp3) is 0.393. The van der Waals surface area contributed by atoms with Crippen molar-refractivity contribution in [3.05, 3.63) is 65.2 Å². The number of aliphatic carboxylic acids is 1. The number of ether oxygens (including phenoxy) is 1. The lowest BCUT2D eigenvalue weighted by molar-refractivity contribution is -0.134. The first-order chi connectivity index (χ1) is 18.4. The van der Waals surface area contributed by atoms with Crippen LogP contribution in [-0.4, -0.2) is 67.6 Å². The number of likely N-dealkylation sites (tertiary alicyclic amines) is 1. The van der Waals surface area contributed by atoms with Crippen LogP contribution >= 0.6 is 0 Å². The number of anilines is 1. The Hall–Kier alpha value is -3.86. The number of piperidine rings is 1. The Morgan fingerprint density at radius 1 is 1.21 bits per heavy atom. The van der Waals surface area contributed by atoms with Crippen molar-refractivity contribution in [3.63, 3.8) is 0 Å². The number of hydrogen-bond acceptors (Lipinski definition) is 6. The highest BCUT2D eigenvalue weighted by Crippen LogP contribution is 2.34. The number of nitrogens with one attached hydrogen (secondary N) is 2. The molecule has 0 aromatic heterocycles. The molecular formula is C28H37N5O5S. The Bertz CT molecular complexity index is 1350. The van der Waals surface area contributed by atoms with Crippen LogP contribution in [0, 0.1) is 10.8 Å². The Morgan fingerprint density at radius 3 is 2.49 bits per heavy atom. The van der Waals surface area contributed by atoms with Crippen LogP contribution in [0.15, 0.2) is 48.5 Å². The molecule has 0 aliphatic carbocycles. The molecule has 0 saturated carbocycles. The van der Waals surface area contributed by atoms with Crippen LogP contribution in [0.5, 0.6) is 5.75 Å². The highest BCUT2D eigenvalue weighted by molar-refractivity contribution is 7.93. The van der Waals surface area contributed by atoms with Crippen molar-refractivity contribution in [2.45, 2.75) is 45.6 Å². The molecule has 1 saturated heterocycles. The van der Waals surface area contributed by atoms with E-state index in [1.54, 1.807) is 61.5 Å². The summed E-state index contributed by atoms with van der Waals surface area (Å²) in [6.45, 7) is 7.17. The predicted molar refractivity (Wildman–Crippen MR) is 154 cm³/mol. The average Bonchev–Trinajstić information content (AvgIpc) is 2.86. The topological polar surface area (TPSA) is 161 Å². The van der Waals surface area contributed by atoms with Gasteiger partial charge >= 0.3 is 5.97 Å². The Kier molecular flexibility index (Phi) is 9.74. The van der Waals surface area contributed by atoms with Crippen molar-refractivity contribution in [1.29, 1.82) is 10.8 Å². The lowest BCUT2D eigenvalue weighted by atomic mass is 10.0. The third kappa shape index (κ3) is 8.06. The third-order valence-corrected chi connectivity index (χ3v) is 8.18. The van der Waals surface area contributed by atoms with E-state index in [1.807, 2.05) is 18.7 Å². The molecule has 1 fully saturated rings. The maximum atomic E-state index is 13.1. The molecule has 11 heteroatoms. The quantitative estimate of drug-likeness (QED) is 0.242. The summed E-state index contributed by atoms with van der Waals surface area (Å²) in [6.07, 6.45) is 4.90. The second-order valence-corrected chi connectivity index (χ2v) is 11.8. The second kappa shape index (κ2) is 12.8. The maximum absolute atomic E-state index is 13.1. The highest BCUT2D eigenvalue weighted by atomic mass is 32.2. The number of carboxylic acids is 1. The molecule has 10 nitrogen and oxygen atoms in total. The van der Waals surface area contributed by atoms with Crippen LogP contribution in [0.3, 0.4) is 0 Å². The van der Waals surface area contributed by atoms with Gasteiger partial charge in [-0.25, -0.2) is 8.42 Å². The van der Waals surface area contributed by atoms with Gasteiger partial charge in [-0.3, -0.25) is 19.9 Å². The molecular weight excluding hydrogens is 518 g/mol. The smallest absolute Gasteiger partial charge is 0.320 e. The number of carbonyl (C=O) groups is 1. The minimum atomic E-state index is -4.19. The molecule has 1 aliphatic heterocycles. The Morgan fingerprint density at radius 2 is 1.90 bits per heavy atom. The number of rotatable bonds is 11. The molecule has 0 spiro atoms. The van der Waals surface area contributed by atoms with E-state index in [0.717, 1.165) is 41.4 Å². The minimum absolute atomic E-state index is 0.00973. The number of benzene rings is 2. The molecule has 1 heterocycles. The molecule has 1 aliphatic rings. The van der Waals surface area contributed by atoms with Gasteiger partial charge in [-0.15, -0.1) is 0 Å². The second-order valence-electron chi connectivity index (χ2n) is 9.89. The van der Waals surface area contributed by atoms with Gasteiger partial charge in [0.05, 0.1) is 18.1 Å². The minimum Gasteiger partial charge on any atom is -0.490 e. The number of hydrogen-bond donors (Lipinski definition) is 4. The number of nitrogen functional groups attached to an aromatic ring is 1. The lowest BCUT2D eigenvalue weighted by Gasteiger charge is -2.33. The fourth-order valence-corrected chi connectivity index (χ4v) is 5.66. The molecule has 2 aromatic rings. The molecule has 39 heavy (non-hydrogen) atoms. The molecule has 5 N–H and O–H groups in total. The molecule has 0 amide bonds. The molecule has 0 atom stereocenters. The van der Waals surface area contributed by atoms with Crippen molar-refractivity contribution >= 4 is 39.4 Å². The van der Waals surface area contributed by atoms with Gasteiger partial charge in [0.1, 0.15) is 17.7 Å². The summed E-state index contributed by atoms with van der Waals surface area (Å²) in [7, 11) is -4.19. The Balaban J connectivity index is 1.88. The number of nitrogens with zero attached hydrogens (tertiary/aromatic N) is 2. The molecule has 210 valence electrons. The van der Waals surface area contributed by atoms with Gasteiger partial charge in [0.15, 0.2) is 5.75 Å². The van der Waals surface area contributed by atoms with E-state index >= 15 is 0 Å². The summed E-state index contributed by atoms with van der Waals surface area (Å²) in [5.41, 5.74) is 8.01. The first kappa shape index (κ1) is 29.7. The van der Waals surface area contributed by atoms with Crippen LogP contribution < -0.4 is 14.8 Å². The Labute approximate surface area is 230 Å². The number of carboxylic acid groups (broad SMARTS) is 1. The van der Waals surface area contributed by atoms with Gasteiger partial charge in [0.25, 0.3) is 0 Å². The van der Waals surface area contributed by atoms with Crippen LogP contribution in [0.25, 0.3) is 6.08 Å². The molecule has 0 unspecified atom stereocenters. The average molecular weight is 556 g/mol. The van der Waals surface area contributed by atoms with Gasteiger partial charge in [0, 0.05) is 31.5 Å². The van der Waals surface area contributed by atoms with E-state index in [9.17, 15) is 18.3 Å². The standard InChI is InChI=1S/C28H37N5O5S/c1-19(2)25-17-23(9-10-26(25)38-24-11-14-32(15-12-24)20(3)29)33(39(36,37)18-27(34)35)13-5-7-21-6-4-8-22(16-21)28(30)31/h4-10,16-17,19,24,29H,11-15,18H2,1-3H3,(H3,30,31)(H,34,35)/b7-5+,29-20?. The van der Waals surface area contributed by atoms with Gasteiger partial charge in [0.2, 0.25) is 10.0 Å². The van der Waals surface area contributed by atoms with Crippen molar-refractivity contribution in [2.24, 2.45) is 5.73 Å². The largest absolute Gasteiger partial charge is 0.490 e. The van der Waals surface area contributed by atoms with Crippen LogP contribution in [0.2, 0.25) is 0 Å². The van der Waals surface area contributed by atoms with Crippen molar-refractivity contribution in [1.82, 2.24) is 4.90 Å². The summed E-state index contributed by atoms with van der Waals surface area (Å²) in [6, 6.07) is 12.1. The van der Waals surface area contributed by atoms with Crippen LogP contribution in [0.4, 0.5) is 5.69 Å². The van der Waals surface area contributed by atoms with E-state index < -0.39 is 21.7 Å².